The molecule has 0 saturated heterocycles. The highest BCUT2D eigenvalue weighted by atomic mass is 16.3. The first kappa shape index (κ1) is 16.7. The number of hydrogen-bond donors (Lipinski definition) is 2. The molecule has 0 aliphatic rings. The molecule has 1 aromatic rings. The summed E-state index contributed by atoms with van der Waals surface area (Å²) in [6.07, 6.45) is 1.02. The zero-order chi connectivity index (χ0) is 15.0. The predicted molar refractivity (Wildman–Crippen MR) is 81.6 cm³/mol. The van der Waals surface area contributed by atoms with Crippen LogP contribution in [-0.4, -0.2) is 42.2 Å². The Hall–Kier alpha value is -1.39. The van der Waals surface area contributed by atoms with Crippen molar-refractivity contribution in [2.75, 3.05) is 26.2 Å². The minimum Gasteiger partial charge on any atom is -0.395 e. The van der Waals surface area contributed by atoms with Crippen LogP contribution in [0.15, 0.2) is 24.3 Å². The highest BCUT2D eigenvalue weighted by Crippen LogP contribution is 2.13. The van der Waals surface area contributed by atoms with E-state index in [2.05, 4.69) is 36.5 Å². The Labute approximate surface area is 121 Å². The van der Waals surface area contributed by atoms with Crippen LogP contribution >= 0.6 is 0 Å². The Morgan fingerprint density at radius 3 is 2.45 bits per heavy atom. The third-order valence-corrected chi connectivity index (χ3v) is 3.50. The number of carbonyl (C=O) groups is 1. The lowest BCUT2D eigenvalue weighted by Crippen LogP contribution is -2.39. The number of benzene rings is 1. The molecule has 2 N–H and O–H groups in total. The van der Waals surface area contributed by atoms with E-state index in [1.54, 1.807) is 0 Å². The van der Waals surface area contributed by atoms with Crippen molar-refractivity contribution in [1.29, 1.82) is 0 Å². The molecule has 1 rings (SSSR count). The van der Waals surface area contributed by atoms with Crippen LogP contribution in [0.3, 0.4) is 0 Å². The van der Waals surface area contributed by atoms with E-state index in [1.165, 1.54) is 5.56 Å². The largest absolute Gasteiger partial charge is 0.395 e. The molecule has 20 heavy (non-hydrogen) atoms. The summed E-state index contributed by atoms with van der Waals surface area (Å²) in [7, 11) is 0. The van der Waals surface area contributed by atoms with Gasteiger partial charge < -0.3 is 10.4 Å². The maximum Gasteiger partial charge on any atom is 0.234 e. The number of hydrogen-bond acceptors (Lipinski definition) is 3. The van der Waals surface area contributed by atoms with Gasteiger partial charge in [0.1, 0.15) is 0 Å². The second-order valence-electron chi connectivity index (χ2n) is 4.98. The Morgan fingerprint density at radius 1 is 1.30 bits per heavy atom. The van der Waals surface area contributed by atoms with Gasteiger partial charge >= 0.3 is 0 Å². The van der Waals surface area contributed by atoms with E-state index >= 15 is 0 Å². The zero-order valence-corrected chi connectivity index (χ0v) is 12.7. The van der Waals surface area contributed by atoms with Crippen LogP contribution in [0, 0.1) is 0 Å². The number of nitrogens with one attached hydrogen (secondary N) is 1. The second-order valence-corrected chi connectivity index (χ2v) is 4.98. The van der Waals surface area contributed by atoms with Crippen LogP contribution in [0.5, 0.6) is 0 Å². The van der Waals surface area contributed by atoms with Crippen LogP contribution in [0.4, 0.5) is 0 Å². The zero-order valence-electron chi connectivity index (χ0n) is 12.7. The van der Waals surface area contributed by atoms with Crippen LogP contribution < -0.4 is 5.32 Å². The van der Waals surface area contributed by atoms with Gasteiger partial charge in [0.05, 0.1) is 19.2 Å². The van der Waals surface area contributed by atoms with Crippen molar-refractivity contribution >= 4 is 5.91 Å². The fraction of sp³-hybridized carbons (Fsp3) is 0.562. The van der Waals surface area contributed by atoms with Crippen molar-refractivity contribution in [2.45, 2.75) is 33.2 Å². The number of carbonyl (C=O) groups excluding carboxylic acids is 1. The van der Waals surface area contributed by atoms with Gasteiger partial charge in [-0.05, 0) is 31.0 Å². The summed E-state index contributed by atoms with van der Waals surface area (Å²) in [4.78, 5) is 13.9. The van der Waals surface area contributed by atoms with Gasteiger partial charge in [0.15, 0.2) is 0 Å². The Morgan fingerprint density at radius 2 is 1.95 bits per heavy atom. The molecule has 4 nitrogen and oxygen atoms in total. The highest BCUT2D eigenvalue weighted by molar-refractivity contribution is 5.78. The number of likely N-dealkylation sites (N-methyl/N-ethyl adjacent to an activating group) is 1. The van der Waals surface area contributed by atoms with Crippen LogP contribution in [-0.2, 0) is 11.2 Å². The van der Waals surface area contributed by atoms with E-state index in [1.807, 2.05) is 18.7 Å². The first-order chi connectivity index (χ1) is 9.60. The molecule has 0 spiro atoms. The van der Waals surface area contributed by atoms with Gasteiger partial charge in [0, 0.05) is 6.54 Å². The third kappa shape index (κ3) is 5.31. The Bertz CT molecular complexity index is 403. The molecule has 4 heteroatoms. The highest BCUT2D eigenvalue weighted by Gasteiger charge is 2.12. The maximum atomic E-state index is 12.0. The van der Waals surface area contributed by atoms with Gasteiger partial charge in [-0.3, -0.25) is 9.69 Å². The SMILES string of the molecule is CCc1ccc(C(C)NC(=O)CN(CC)CCO)cc1. The molecule has 1 aromatic carbocycles. The number of aryl methyl sites for hydroxylation is 1. The third-order valence-electron chi connectivity index (χ3n) is 3.50. The minimum absolute atomic E-state index is 0.00115. The average molecular weight is 278 g/mol. The van der Waals surface area contributed by atoms with E-state index in [4.69, 9.17) is 5.11 Å². The number of rotatable bonds is 8. The normalized spacial score (nSPS) is 12.4. The molecule has 0 radical (unpaired) electrons. The van der Waals surface area contributed by atoms with Gasteiger partial charge in [-0.2, -0.15) is 0 Å². The average Bonchev–Trinajstić information content (AvgIpc) is 2.46. The number of amides is 1. The quantitative estimate of drug-likeness (QED) is 0.761. The molecule has 112 valence electrons. The number of aliphatic hydroxyl groups excluding tert-OH is 1. The standard InChI is InChI=1S/C16H26N2O2/c1-4-14-6-8-15(9-7-14)13(3)17-16(20)12-18(5-2)10-11-19/h6-9,13,19H,4-5,10-12H2,1-3H3,(H,17,20). The fourth-order valence-electron chi connectivity index (χ4n) is 2.11. The van der Waals surface area contributed by atoms with Crippen molar-refractivity contribution in [3.05, 3.63) is 35.4 Å². The number of nitrogens with zero attached hydrogens (tertiary/aromatic N) is 1. The Balaban J connectivity index is 2.51. The lowest BCUT2D eigenvalue weighted by Gasteiger charge is -2.21. The van der Waals surface area contributed by atoms with E-state index in [9.17, 15) is 4.79 Å². The van der Waals surface area contributed by atoms with Gasteiger partial charge in [-0.1, -0.05) is 38.1 Å². The fourth-order valence-corrected chi connectivity index (χ4v) is 2.11. The van der Waals surface area contributed by atoms with E-state index in [-0.39, 0.29) is 18.6 Å². The van der Waals surface area contributed by atoms with Crippen molar-refractivity contribution in [1.82, 2.24) is 10.2 Å². The van der Waals surface area contributed by atoms with Crippen molar-refractivity contribution in [2.24, 2.45) is 0 Å². The second kappa shape index (κ2) is 8.72. The lowest BCUT2D eigenvalue weighted by atomic mass is 10.1. The summed E-state index contributed by atoms with van der Waals surface area (Å²) in [6, 6.07) is 8.33. The van der Waals surface area contributed by atoms with Crippen LogP contribution in [0.2, 0.25) is 0 Å². The van der Waals surface area contributed by atoms with E-state index in [0.29, 0.717) is 13.1 Å². The molecular weight excluding hydrogens is 252 g/mol. The summed E-state index contributed by atoms with van der Waals surface area (Å²) >= 11 is 0. The summed E-state index contributed by atoms with van der Waals surface area (Å²) < 4.78 is 0. The summed E-state index contributed by atoms with van der Waals surface area (Å²) in [5.74, 6) is -0.00707. The molecule has 0 bridgehead atoms. The summed E-state index contributed by atoms with van der Waals surface area (Å²) in [5, 5.41) is 11.9. The van der Waals surface area contributed by atoms with Crippen LogP contribution in [0.1, 0.15) is 37.9 Å². The van der Waals surface area contributed by atoms with Gasteiger partial charge in [-0.25, -0.2) is 0 Å². The smallest absolute Gasteiger partial charge is 0.234 e. The molecular formula is C16H26N2O2. The molecule has 1 unspecified atom stereocenters. The molecule has 1 amide bonds. The molecule has 0 aliphatic carbocycles. The first-order valence-electron chi connectivity index (χ1n) is 7.32. The maximum absolute atomic E-state index is 12.0. The lowest BCUT2D eigenvalue weighted by molar-refractivity contribution is -0.122. The van der Waals surface area contributed by atoms with Gasteiger partial charge in [0.2, 0.25) is 5.91 Å². The molecule has 0 heterocycles. The molecule has 0 fully saturated rings. The molecule has 0 aromatic heterocycles. The van der Waals surface area contributed by atoms with Crippen molar-refractivity contribution < 1.29 is 9.90 Å². The minimum atomic E-state index is -0.00707. The van der Waals surface area contributed by atoms with Gasteiger partial charge in [-0.15, -0.1) is 0 Å². The predicted octanol–water partition coefficient (Wildman–Crippen LogP) is 1.74. The van der Waals surface area contributed by atoms with E-state index < -0.39 is 0 Å². The molecule has 0 saturated carbocycles. The first-order valence-corrected chi connectivity index (χ1v) is 7.32. The van der Waals surface area contributed by atoms with Gasteiger partial charge in [0.25, 0.3) is 0 Å². The van der Waals surface area contributed by atoms with Crippen LogP contribution in [0.25, 0.3) is 0 Å². The molecule has 1 atom stereocenters. The number of aliphatic hydroxyl groups is 1. The van der Waals surface area contributed by atoms with Crippen molar-refractivity contribution in [3.8, 4) is 0 Å². The molecule has 0 aliphatic heterocycles. The summed E-state index contributed by atoms with van der Waals surface area (Å²) in [6.45, 7) is 7.79. The Kier molecular flexibility index (Phi) is 7.26. The monoisotopic (exact) mass is 278 g/mol. The van der Waals surface area contributed by atoms with Crippen molar-refractivity contribution in [3.63, 3.8) is 0 Å². The van der Waals surface area contributed by atoms with E-state index in [0.717, 1.165) is 18.5 Å². The topological polar surface area (TPSA) is 52.6 Å². The summed E-state index contributed by atoms with van der Waals surface area (Å²) in [5.41, 5.74) is 2.41.